The minimum Gasteiger partial charge on any atom is -0.493 e. The van der Waals surface area contributed by atoms with Gasteiger partial charge in [0.15, 0.2) is 11.5 Å². The summed E-state index contributed by atoms with van der Waals surface area (Å²) in [6, 6.07) is 6.49. The third-order valence-corrected chi connectivity index (χ3v) is 2.91. The van der Waals surface area contributed by atoms with Gasteiger partial charge in [-0.15, -0.1) is 0 Å². The van der Waals surface area contributed by atoms with E-state index in [9.17, 15) is 4.79 Å². The van der Waals surface area contributed by atoms with Gasteiger partial charge < -0.3 is 14.8 Å². The molecule has 5 nitrogen and oxygen atoms in total. The summed E-state index contributed by atoms with van der Waals surface area (Å²) in [5, 5.41) is 3.05. The molecule has 0 bridgehead atoms. The highest BCUT2D eigenvalue weighted by Crippen LogP contribution is 2.36. The largest absolute Gasteiger partial charge is 0.493 e. The van der Waals surface area contributed by atoms with Crippen LogP contribution >= 0.6 is 11.6 Å². The molecule has 0 aliphatic heterocycles. The first-order valence-corrected chi connectivity index (χ1v) is 6.16. The average molecular weight is 293 g/mol. The fourth-order valence-electron chi connectivity index (χ4n) is 1.69. The number of ether oxygens (including phenoxy) is 2. The van der Waals surface area contributed by atoms with Gasteiger partial charge in [-0.1, -0.05) is 11.6 Å². The van der Waals surface area contributed by atoms with E-state index in [1.54, 1.807) is 30.6 Å². The van der Waals surface area contributed by atoms with Crippen LogP contribution < -0.4 is 14.8 Å². The molecule has 0 atom stereocenters. The highest BCUT2D eigenvalue weighted by molar-refractivity contribution is 6.32. The van der Waals surface area contributed by atoms with Crippen molar-refractivity contribution >= 4 is 23.2 Å². The number of halogens is 1. The molecule has 1 heterocycles. The molecule has 2 aromatic rings. The summed E-state index contributed by atoms with van der Waals surface area (Å²) in [5.41, 5.74) is 1.03. The number of pyridine rings is 1. The van der Waals surface area contributed by atoms with Crippen molar-refractivity contribution in [2.45, 2.75) is 0 Å². The molecular formula is C14H13ClN2O3. The lowest BCUT2D eigenvalue weighted by Gasteiger charge is -2.11. The zero-order valence-corrected chi connectivity index (χ0v) is 11.8. The number of carbonyl (C=O) groups is 1. The smallest absolute Gasteiger partial charge is 0.255 e. The first kappa shape index (κ1) is 14.1. The molecule has 0 saturated carbocycles. The minimum atomic E-state index is -0.293. The van der Waals surface area contributed by atoms with Crippen molar-refractivity contribution < 1.29 is 14.3 Å². The third-order valence-electron chi connectivity index (χ3n) is 2.63. The number of benzene rings is 1. The van der Waals surface area contributed by atoms with Crippen LogP contribution in [-0.4, -0.2) is 25.1 Å². The Morgan fingerprint density at radius 3 is 2.50 bits per heavy atom. The van der Waals surface area contributed by atoms with Gasteiger partial charge in [-0.3, -0.25) is 9.78 Å². The predicted octanol–water partition coefficient (Wildman–Crippen LogP) is 3.00. The summed E-state index contributed by atoms with van der Waals surface area (Å²) in [6.45, 7) is 0. The quantitative estimate of drug-likeness (QED) is 0.941. The topological polar surface area (TPSA) is 60.5 Å². The molecule has 0 aliphatic rings. The lowest BCUT2D eigenvalue weighted by molar-refractivity contribution is 0.102. The second kappa shape index (κ2) is 6.25. The van der Waals surface area contributed by atoms with Gasteiger partial charge in [-0.05, 0) is 24.3 Å². The van der Waals surface area contributed by atoms with Gasteiger partial charge in [0, 0.05) is 23.6 Å². The molecule has 0 spiro atoms. The van der Waals surface area contributed by atoms with Crippen LogP contribution in [0.15, 0.2) is 36.7 Å². The van der Waals surface area contributed by atoms with Crippen molar-refractivity contribution in [3.63, 3.8) is 0 Å². The summed E-state index contributed by atoms with van der Waals surface area (Å²) in [5.74, 6) is 0.508. The Balaban J connectivity index is 2.29. The van der Waals surface area contributed by atoms with Gasteiger partial charge in [0.05, 0.1) is 19.2 Å². The first-order chi connectivity index (χ1) is 9.65. The second-order valence-corrected chi connectivity index (χ2v) is 4.29. The number of carbonyl (C=O) groups excluding carboxylic acids is 1. The van der Waals surface area contributed by atoms with Gasteiger partial charge in [0.2, 0.25) is 0 Å². The van der Waals surface area contributed by atoms with E-state index in [-0.39, 0.29) is 5.91 Å². The van der Waals surface area contributed by atoms with Gasteiger partial charge in [-0.2, -0.15) is 0 Å². The monoisotopic (exact) mass is 292 g/mol. The maximum Gasteiger partial charge on any atom is 0.255 e. The van der Waals surface area contributed by atoms with Crippen LogP contribution in [0.3, 0.4) is 0 Å². The Kier molecular flexibility index (Phi) is 4.42. The van der Waals surface area contributed by atoms with Crippen molar-refractivity contribution in [3.05, 3.63) is 47.2 Å². The van der Waals surface area contributed by atoms with E-state index in [1.165, 1.54) is 20.3 Å². The first-order valence-electron chi connectivity index (χ1n) is 5.78. The van der Waals surface area contributed by atoms with Crippen LogP contribution in [0, 0.1) is 0 Å². The molecule has 20 heavy (non-hydrogen) atoms. The maximum atomic E-state index is 12.1. The minimum absolute atomic E-state index is 0.293. The number of hydrogen-bond acceptors (Lipinski definition) is 4. The number of nitrogens with one attached hydrogen (secondary N) is 1. The van der Waals surface area contributed by atoms with Gasteiger partial charge in [0.25, 0.3) is 5.91 Å². The number of methoxy groups -OCH3 is 2. The SMILES string of the molecule is COc1cc(C(=O)Nc2ccncc2)cc(Cl)c1OC. The van der Waals surface area contributed by atoms with E-state index in [4.69, 9.17) is 21.1 Å². The van der Waals surface area contributed by atoms with Crippen LogP contribution in [0.1, 0.15) is 10.4 Å². The zero-order chi connectivity index (χ0) is 14.5. The summed E-state index contributed by atoms with van der Waals surface area (Å²) < 4.78 is 10.3. The molecule has 0 fully saturated rings. The Labute approximate surface area is 121 Å². The molecule has 2 rings (SSSR count). The zero-order valence-electron chi connectivity index (χ0n) is 11.0. The van der Waals surface area contributed by atoms with Crippen LogP contribution in [0.4, 0.5) is 5.69 Å². The van der Waals surface area contributed by atoms with E-state index < -0.39 is 0 Å². The van der Waals surface area contributed by atoms with E-state index in [2.05, 4.69) is 10.3 Å². The molecule has 0 aliphatic carbocycles. The highest BCUT2D eigenvalue weighted by Gasteiger charge is 2.15. The number of amides is 1. The average Bonchev–Trinajstić information content (AvgIpc) is 2.47. The summed E-state index contributed by atoms with van der Waals surface area (Å²) in [6.07, 6.45) is 3.19. The predicted molar refractivity (Wildman–Crippen MR) is 76.7 cm³/mol. The molecule has 0 unspecified atom stereocenters. The van der Waals surface area contributed by atoms with Crippen LogP contribution in [0.25, 0.3) is 0 Å². The Morgan fingerprint density at radius 1 is 1.20 bits per heavy atom. The molecular weight excluding hydrogens is 280 g/mol. The van der Waals surface area contributed by atoms with Crippen LogP contribution in [-0.2, 0) is 0 Å². The standard InChI is InChI=1S/C14H13ClN2O3/c1-19-12-8-9(7-11(15)13(12)20-2)14(18)17-10-3-5-16-6-4-10/h3-8H,1-2H3,(H,16,17,18). The van der Waals surface area contributed by atoms with E-state index in [0.717, 1.165) is 0 Å². The fraction of sp³-hybridized carbons (Fsp3) is 0.143. The van der Waals surface area contributed by atoms with E-state index >= 15 is 0 Å². The van der Waals surface area contributed by atoms with Gasteiger partial charge >= 0.3 is 0 Å². The number of aromatic nitrogens is 1. The van der Waals surface area contributed by atoms with E-state index in [1.807, 2.05) is 0 Å². The van der Waals surface area contributed by atoms with Crippen molar-refractivity contribution in [2.24, 2.45) is 0 Å². The third kappa shape index (κ3) is 3.00. The Hall–Kier alpha value is -2.27. The summed E-state index contributed by atoms with van der Waals surface area (Å²) in [4.78, 5) is 16.0. The lowest BCUT2D eigenvalue weighted by Crippen LogP contribution is -2.12. The number of hydrogen-bond donors (Lipinski definition) is 1. The summed E-state index contributed by atoms with van der Waals surface area (Å²) >= 11 is 6.07. The molecule has 6 heteroatoms. The number of anilines is 1. The van der Waals surface area contributed by atoms with Crippen molar-refractivity contribution in [1.29, 1.82) is 0 Å². The fourth-order valence-corrected chi connectivity index (χ4v) is 1.98. The Morgan fingerprint density at radius 2 is 1.90 bits per heavy atom. The van der Waals surface area contributed by atoms with Crippen molar-refractivity contribution in [3.8, 4) is 11.5 Å². The highest BCUT2D eigenvalue weighted by atomic mass is 35.5. The number of rotatable bonds is 4. The van der Waals surface area contributed by atoms with Gasteiger partial charge in [0.1, 0.15) is 0 Å². The van der Waals surface area contributed by atoms with E-state index in [0.29, 0.717) is 27.8 Å². The van der Waals surface area contributed by atoms with Crippen molar-refractivity contribution in [1.82, 2.24) is 4.98 Å². The van der Waals surface area contributed by atoms with Crippen molar-refractivity contribution in [2.75, 3.05) is 19.5 Å². The Bertz CT molecular complexity index is 617. The maximum absolute atomic E-state index is 12.1. The van der Waals surface area contributed by atoms with Crippen LogP contribution in [0.2, 0.25) is 5.02 Å². The van der Waals surface area contributed by atoms with Gasteiger partial charge in [-0.25, -0.2) is 0 Å². The molecule has 0 saturated heterocycles. The lowest BCUT2D eigenvalue weighted by atomic mass is 10.2. The molecule has 1 amide bonds. The number of nitrogens with zero attached hydrogens (tertiary/aromatic N) is 1. The molecule has 0 radical (unpaired) electrons. The molecule has 1 aromatic heterocycles. The summed E-state index contributed by atoms with van der Waals surface area (Å²) in [7, 11) is 2.97. The van der Waals surface area contributed by atoms with Crippen LogP contribution in [0.5, 0.6) is 11.5 Å². The normalized spacial score (nSPS) is 9.95. The molecule has 1 N–H and O–H groups in total. The second-order valence-electron chi connectivity index (χ2n) is 3.88. The molecule has 1 aromatic carbocycles. The molecule has 104 valence electrons.